The lowest BCUT2D eigenvalue weighted by Crippen LogP contribution is -2.44. The van der Waals surface area contributed by atoms with Crippen LogP contribution in [0.5, 0.6) is 5.75 Å². The van der Waals surface area contributed by atoms with E-state index in [0.717, 1.165) is 50.4 Å². The highest BCUT2D eigenvalue weighted by molar-refractivity contribution is 5.39. The van der Waals surface area contributed by atoms with Gasteiger partial charge in [-0.3, -0.25) is 0 Å². The van der Waals surface area contributed by atoms with Crippen molar-refractivity contribution in [3.8, 4) is 5.75 Å². The van der Waals surface area contributed by atoms with Crippen LogP contribution in [-0.4, -0.2) is 44.7 Å². The average molecular weight is 288 g/mol. The maximum Gasteiger partial charge on any atom is 0.416 e. The molecule has 1 saturated heterocycles. The Morgan fingerprint density at radius 1 is 1.25 bits per heavy atom. The lowest BCUT2D eigenvalue weighted by atomic mass is 10.1. The van der Waals surface area contributed by atoms with Crippen molar-refractivity contribution in [2.45, 2.75) is 12.6 Å². The quantitative estimate of drug-likeness (QED) is 0.919. The summed E-state index contributed by atoms with van der Waals surface area (Å²) in [7, 11) is 1.41. The topological polar surface area (TPSA) is 24.5 Å². The summed E-state index contributed by atoms with van der Waals surface area (Å²) in [6.45, 7) is 4.71. The molecule has 1 N–H and O–H groups in total. The highest BCUT2D eigenvalue weighted by Crippen LogP contribution is 2.33. The lowest BCUT2D eigenvalue weighted by Gasteiger charge is -2.27. The van der Waals surface area contributed by atoms with Crippen LogP contribution >= 0.6 is 0 Å². The summed E-state index contributed by atoms with van der Waals surface area (Å²) in [6.07, 6.45) is -3.63. The Bertz CT molecular complexity index is 443. The molecule has 20 heavy (non-hydrogen) atoms. The van der Waals surface area contributed by atoms with Crippen LogP contribution < -0.4 is 10.1 Å². The number of nitrogens with one attached hydrogen (secondary N) is 1. The number of alkyl halides is 3. The largest absolute Gasteiger partial charge is 0.496 e. The third-order valence-corrected chi connectivity index (χ3v) is 3.52. The minimum absolute atomic E-state index is 0.315. The zero-order valence-electron chi connectivity index (χ0n) is 11.5. The average Bonchev–Trinajstić information content (AvgIpc) is 2.45. The van der Waals surface area contributed by atoms with Gasteiger partial charge < -0.3 is 15.0 Å². The van der Waals surface area contributed by atoms with Crippen molar-refractivity contribution >= 4 is 0 Å². The number of methoxy groups -OCH3 is 1. The SMILES string of the molecule is COc1cc(C(F)(F)F)ccc1CCN1CCNCC1. The molecule has 0 saturated carbocycles. The molecule has 0 aromatic heterocycles. The van der Waals surface area contributed by atoms with E-state index in [4.69, 9.17) is 4.74 Å². The zero-order valence-corrected chi connectivity index (χ0v) is 11.5. The molecule has 0 unspecified atom stereocenters. The monoisotopic (exact) mass is 288 g/mol. The molecule has 1 aliphatic heterocycles. The number of benzene rings is 1. The second-order valence-corrected chi connectivity index (χ2v) is 4.87. The fourth-order valence-electron chi connectivity index (χ4n) is 2.34. The van der Waals surface area contributed by atoms with E-state index in [1.54, 1.807) is 0 Å². The van der Waals surface area contributed by atoms with Gasteiger partial charge in [0.05, 0.1) is 12.7 Å². The Balaban J connectivity index is 2.03. The van der Waals surface area contributed by atoms with E-state index < -0.39 is 11.7 Å². The molecule has 1 heterocycles. The van der Waals surface area contributed by atoms with Gasteiger partial charge >= 0.3 is 6.18 Å². The van der Waals surface area contributed by atoms with E-state index in [2.05, 4.69) is 10.2 Å². The fourth-order valence-corrected chi connectivity index (χ4v) is 2.34. The van der Waals surface area contributed by atoms with Crippen molar-refractivity contribution in [2.24, 2.45) is 0 Å². The predicted molar refractivity (Wildman–Crippen MR) is 71.0 cm³/mol. The fraction of sp³-hybridized carbons (Fsp3) is 0.571. The van der Waals surface area contributed by atoms with Gasteiger partial charge in [0.2, 0.25) is 0 Å². The van der Waals surface area contributed by atoms with Crippen LogP contribution in [-0.2, 0) is 12.6 Å². The Labute approximate surface area is 116 Å². The van der Waals surface area contributed by atoms with E-state index in [9.17, 15) is 13.2 Å². The minimum atomic E-state index is -4.33. The summed E-state index contributed by atoms with van der Waals surface area (Å²) in [5, 5.41) is 3.27. The Morgan fingerprint density at radius 2 is 1.95 bits per heavy atom. The Morgan fingerprint density at radius 3 is 2.55 bits per heavy atom. The van der Waals surface area contributed by atoms with E-state index in [-0.39, 0.29) is 0 Å². The standard InChI is InChI=1S/C14H19F3N2O/c1-20-13-10-12(14(15,16)17)3-2-11(13)4-7-19-8-5-18-6-9-19/h2-3,10,18H,4-9H2,1H3. The Hall–Kier alpha value is -1.27. The molecule has 2 rings (SSSR count). The first-order valence-electron chi connectivity index (χ1n) is 6.68. The summed E-state index contributed by atoms with van der Waals surface area (Å²) in [4.78, 5) is 2.30. The maximum absolute atomic E-state index is 12.6. The molecule has 112 valence electrons. The van der Waals surface area contributed by atoms with Crippen molar-refractivity contribution in [3.05, 3.63) is 29.3 Å². The molecule has 0 bridgehead atoms. The number of ether oxygens (including phenoxy) is 1. The molecule has 0 atom stereocenters. The molecule has 1 fully saturated rings. The molecule has 0 amide bonds. The molecule has 0 spiro atoms. The molecule has 1 aromatic carbocycles. The lowest BCUT2D eigenvalue weighted by molar-refractivity contribution is -0.137. The van der Waals surface area contributed by atoms with E-state index in [1.165, 1.54) is 13.2 Å². The van der Waals surface area contributed by atoms with Gasteiger partial charge in [-0.15, -0.1) is 0 Å². The Kier molecular flexibility index (Phi) is 4.88. The van der Waals surface area contributed by atoms with Crippen LogP contribution in [0.4, 0.5) is 13.2 Å². The van der Waals surface area contributed by atoms with Crippen molar-refractivity contribution in [2.75, 3.05) is 39.8 Å². The van der Waals surface area contributed by atoms with E-state index >= 15 is 0 Å². The van der Waals surface area contributed by atoms with Crippen LogP contribution in [0.3, 0.4) is 0 Å². The van der Waals surface area contributed by atoms with Gasteiger partial charge in [0.15, 0.2) is 0 Å². The van der Waals surface area contributed by atoms with Crippen LogP contribution in [0.1, 0.15) is 11.1 Å². The molecule has 0 radical (unpaired) electrons. The van der Waals surface area contributed by atoms with Crippen LogP contribution in [0.2, 0.25) is 0 Å². The first-order chi connectivity index (χ1) is 9.50. The second kappa shape index (κ2) is 6.45. The van der Waals surface area contributed by atoms with Gasteiger partial charge in [-0.05, 0) is 24.1 Å². The van der Waals surface area contributed by atoms with Crippen molar-refractivity contribution in [1.82, 2.24) is 10.2 Å². The summed E-state index contributed by atoms with van der Waals surface area (Å²) >= 11 is 0. The van der Waals surface area contributed by atoms with Gasteiger partial charge in [0, 0.05) is 32.7 Å². The normalized spacial score (nSPS) is 17.2. The molecule has 3 nitrogen and oxygen atoms in total. The van der Waals surface area contributed by atoms with Gasteiger partial charge in [0.25, 0.3) is 0 Å². The molecule has 1 aliphatic rings. The number of nitrogens with zero attached hydrogens (tertiary/aromatic N) is 1. The van der Waals surface area contributed by atoms with E-state index in [0.29, 0.717) is 12.2 Å². The number of halogens is 3. The molecular formula is C14H19F3N2O. The van der Waals surface area contributed by atoms with E-state index in [1.807, 2.05) is 0 Å². The van der Waals surface area contributed by atoms with Crippen LogP contribution in [0.25, 0.3) is 0 Å². The van der Waals surface area contributed by atoms with Crippen LogP contribution in [0.15, 0.2) is 18.2 Å². The first-order valence-corrected chi connectivity index (χ1v) is 6.68. The molecule has 1 aromatic rings. The van der Waals surface area contributed by atoms with Gasteiger partial charge in [0.1, 0.15) is 5.75 Å². The number of hydrogen-bond acceptors (Lipinski definition) is 3. The smallest absolute Gasteiger partial charge is 0.416 e. The summed E-state index contributed by atoms with van der Waals surface area (Å²) in [5.74, 6) is 0.315. The third kappa shape index (κ3) is 3.86. The number of hydrogen-bond donors (Lipinski definition) is 1. The first kappa shape index (κ1) is 15.1. The molecular weight excluding hydrogens is 269 g/mol. The molecule has 0 aliphatic carbocycles. The summed E-state index contributed by atoms with van der Waals surface area (Å²) in [5.41, 5.74) is 0.152. The van der Waals surface area contributed by atoms with Crippen molar-refractivity contribution < 1.29 is 17.9 Å². The van der Waals surface area contributed by atoms with Crippen molar-refractivity contribution in [1.29, 1.82) is 0 Å². The van der Waals surface area contributed by atoms with Gasteiger partial charge in [-0.1, -0.05) is 6.07 Å². The van der Waals surface area contributed by atoms with Gasteiger partial charge in [-0.25, -0.2) is 0 Å². The summed E-state index contributed by atoms with van der Waals surface area (Å²) in [6, 6.07) is 3.71. The zero-order chi connectivity index (χ0) is 14.6. The predicted octanol–water partition coefficient (Wildman–Crippen LogP) is 2.16. The highest BCUT2D eigenvalue weighted by atomic mass is 19.4. The second-order valence-electron chi connectivity index (χ2n) is 4.87. The van der Waals surface area contributed by atoms with Gasteiger partial charge in [-0.2, -0.15) is 13.2 Å². The summed E-state index contributed by atoms with van der Waals surface area (Å²) < 4.78 is 43.0. The van der Waals surface area contributed by atoms with Crippen LogP contribution in [0, 0.1) is 0 Å². The molecule has 6 heteroatoms. The van der Waals surface area contributed by atoms with Crippen molar-refractivity contribution in [3.63, 3.8) is 0 Å². The number of rotatable bonds is 4. The highest BCUT2D eigenvalue weighted by Gasteiger charge is 2.31. The number of piperazine rings is 1. The maximum atomic E-state index is 12.6. The third-order valence-electron chi connectivity index (χ3n) is 3.52. The minimum Gasteiger partial charge on any atom is -0.496 e.